The van der Waals surface area contributed by atoms with Gasteiger partial charge in [-0.25, -0.2) is 9.50 Å². The molecule has 0 spiro atoms. The first-order valence-corrected chi connectivity index (χ1v) is 3.75. The summed E-state index contributed by atoms with van der Waals surface area (Å²) in [5, 5.41) is 12.5. The summed E-state index contributed by atoms with van der Waals surface area (Å²) in [4.78, 5) is 15.0. The van der Waals surface area contributed by atoms with E-state index in [2.05, 4.69) is 10.1 Å². The van der Waals surface area contributed by atoms with Crippen molar-refractivity contribution in [1.82, 2.24) is 14.6 Å². The molecule has 5 nitrogen and oxygen atoms in total. The predicted molar refractivity (Wildman–Crippen MR) is 44.4 cm³/mol. The summed E-state index contributed by atoms with van der Waals surface area (Å²) < 4.78 is 1.49. The summed E-state index contributed by atoms with van der Waals surface area (Å²) >= 11 is 0. The Balaban J connectivity index is 2.54. The molecule has 0 fully saturated rings. The van der Waals surface area contributed by atoms with E-state index in [-0.39, 0.29) is 5.78 Å². The zero-order chi connectivity index (χ0) is 9.26. The Morgan fingerprint density at radius 2 is 2.38 bits per heavy atom. The van der Waals surface area contributed by atoms with Crippen LogP contribution in [0, 0.1) is 0 Å². The monoisotopic (exact) mass is 177 g/mol. The third-order valence-electron chi connectivity index (χ3n) is 1.74. The molecule has 0 aliphatic rings. The molecule has 13 heavy (non-hydrogen) atoms. The van der Waals surface area contributed by atoms with Crippen LogP contribution in [0.3, 0.4) is 0 Å². The Kier molecular flexibility index (Phi) is 1.79. The lowest BCUT2D eigenvalue weighted by molar-refractivity contribution is 0.0903. The van der Waals surface area contributed by atoms with Gasteiger partial charge in [-0.1, -0.05) is 0 Å². The molecule has 2 aromatic rings. The molecule has 0 saturated carbocycles. The summed E-state index contributed by atoms with van der Waals surface area (Å²) in [6.45, 7) is -0.486. The molecule has 0 amide bonds. The normalized spacial score (nSPS) is 10.5. The van der Waals surface area contributed by atoms with Crippen LogP contribution in [0.15, 0.2) is 24.7 Å². The van der Waals surface area contributed by atoms with Crippen LogP contribution in [-0.4, -0.2) is 32.1 Å². The van der Waals surface area contributed by atoms with Gasteiger partial charge < -0.3 is 5.11 Å². The van der Waals surface area contributed by atoms with Crippen molar-refractivity contribution in [2.45, 2.75) is 0 Å². The smallest absolute Gasteiger partial charge is 0.189 e. The van der Waals surface area contributed by atoms with Crippen molar-refractivity contribution < 1.29 is 9.90 Å². The number of aliphatic hydroxyl groups excluding tert-OH is 1. The first-order chi connectivity index (χ1) is 6.31. The van der Waals surface area contributed by atoms with Gasteiger partial charge in [0.2, 0.25) is 0 Å². The molecule has 0 aliphatic carbocycles. The molecule has 0 aliphatic heterocycles. The molecule has 0 saturated heterocycles. The second-order valence-electron chi connectivity index (χ2n) is 2.56. The Bertz CT molecular complexity index is 449. The zero-order valence-electron chi connectivity index (χ0n) is 6.71. The number of hydrogen-bond donors (Lipinski definition) is 1. The largest absolute Gasteiger partial charge is 0.388 e. The third kappa shape index (κ3) is 1.29. The van der Waals surface area contributed by atoms with Crippen LogP contribution in [-0.2, 0) is 0 Å². The Hall–Kier alpha value is -1.75. The second kappa shape index (κ2) is 2.95. The molecule has 0 aromatic carbocycles. The highest BCUT2D eigenvalue weighted by Gasteiger charge is 2.04. The third-order valence-corrected chi connectivity index (χ3v) is 1.74. The van der Waals surface area contributed by atoms with Crippen LogP contribution in [0.1, 0.15) is 10.4 Å². The van der Waals surface area contributed by atoms with E-state index in [4.69, 9.17) is 5.11 Å². The molecule has 1 N–H and O–H groups in total. The molecule has 2 rings (SSSR count). The van der Waals surface area contributed by atoms with Gasteiger partial charge in [-0.3, -0.25) is 4.79 Å². The van der Waals surface area contributed by atoms with Gasteiger partial charge in [0.05, 0.1) is 0 Å². The molecule has 66 valence electrons. The van der Waals surface area contributed by atoms with E-state index in [1.54, 1.807) is 18.3 Å². The van der Waals surface area contributed by atoms with Gasteiger partial charge in [-0.2, -0.15) is 5.10 Å². The minimum Gasteiger partial charge on any atom is -0.388 e. The minimum absolute atomic E-state index is 0.322. The van der Waals surface area contributed by atoms with Crippen molar-refractivity contribution in [2.75, 3.05) is 6.61 Å². The summed E-state index contributed by atoms with van der Waals surface area (Å²) in [5.41, 5.74) is 1.11. The van der Waals surface area contributed by atoms with E-state index in [1.807, 2.05) is 0 Å². The van der Waals surface area contributed by atoms with E-state index < -0.39 is 6.61 Å². The van der Waals surface area contributed by atoms with Crippen molar-refractivity contribution in [3.8, 4) is 0 Å². The average Bonchev–Trinajstić information content (AvgIpc) is 2.63. The second-order valence-corrected chi connectivity index (χ2v) is 2.56. The quantitative estimate of drug-likeness (QED) is 0.650. The fourth-order valence-electron chi connectivity index (χ4n) is 1.07. The van der Waals surface area contributed by atoms with Crippen LogP contribution < -0.4 is 0 Å². The molecule has 2 aromatic heterocycles. The van der Waals surface area contributed by atoms with Crippen LogP contribution in [0.4, 0.5) is 0 Å². The number of fused-ring (bicyclic) bond motifs is 1. The molecule has 0 unspecified atom stereocenters. The van der Waals surface area contributed by atoms with E-state index in [0.29, 0.717) is 11.2 Å². The van der Waals surface area contributed by atoms with Crippen molar-refractivity contribution in [2.24, 2.45) is 0 Å². The van der Waals surface area contributed by atoms with Crippen molar-refractivity contribution in [1.29, 1.82) is 0 Å². The lowest BCUT2D eigenvalue weighted by Gasteiger charge is -1.96. The fraction of sp³-hybridized carbons (Fsp3) is 0.125. The van der Waals surface area contributed by atoms with Crippen molar-refractivity contribution in [3.05, 3.63) is 30.2 Å². The number of aromatic nitrogens is 3. The standard InChI is InChI=1S/C8H7N3O2/c12-4-7(13)6-1-2-8-9-5-10-11(8)3-6/h1-3,5,12H,4H2. The highest BCUT2D eigenvalue weighted by molar-refractivity contribution is 5.96. The number of pyridine rings is 1. The number of nitrogens with zero attached hydrogens (tertiary/aromatic N) is 3. The Morgan fingerprint density at radius 1 is 1.54 bits per heavy atom. The first-order valence-electron chi connectivity index (χ1n) is 3.75. The van der Waals surface area contributed by atoms with Gasteiger partial charge in [0.1, 0.15) is 12.9 Å². The Labute approximate surface area is 73.6 Å². The Morgan fingerprint density at radius 3 is 3.15 bits per heavy atom. The highest BCUT2D eigenvalue weighted by Crippen LogP contribution is 2.03. The topological polar surface area (TPSA) is 67.5 Å². The van der Waals surface area contributed by atoms with Crippen LogP contribution in [0.5, 0.6) is 0 Å². The van der Waals surface area contributed by atoms with Gasteiger partial charge in [-0.15, -0.1) is 0 Å². The lowest BCUT2D eigenvalue weighted by atomic mass is 10.2. The number of carbonyl (C=O) groups excluding carboxylic acids is 1. The van der Waals surface area contributed by atoms with Crippen LogP contribution in [0.25, 0.3) is 5.65 Å². The summed E-state index contributed by atoms with van der Waals surface area (Å²) in [5.74, 6) is -0.322. The number of carbonyl (C=O) groups is 1. The molecule has 2 heterocycles. The summed E-state index contributed by atoms with van der Waals surface area (Å²) in [7, 11) is 0. The number of rotatable bonds is 2. The van der Waals surface area contributed by atoms with E-state index >= 15 is 0 Å². The average molecular weight is 177 g/mol. The highest BCUT2D eigenvalue weighted by atomic mass is 16.3. The van der Waals surface area contributed by atoms with Crippen molar-refractivity contribution >= 4 is 11.4 Å². The van der Waals surface area contributed by atoms with Gasteiger partial charge in [-0.05, 0) is 12.1 Å². The molecular weight excluding hydrogens is 170 g/mol. The van der Waals surface area contributed by atoms with E-state index in [0.717, 1.165) is 0 Å². The molecule has 0 radical (unpaired) electrons. The molecular formula is C8H7N3O2. The number of Topliss-reactive ketones (excluding diaryl/α,β-unsaturated/α-hetero) is 1. The predicted octanol–water partition coefficient (Wildman–Crippen LogP) is -0.0957. The maximum Gasteiger partial charge on any atom is 0.189 e. The zero-order valence-corrected chi connectivity index (χ0v) is 6.71. The van der Waals surface area contributed by atoms with Crippen LogP contribution >= 0.6 is 0 Å². The van der Waals surface area contributed by atoms with Gasteiger partial charge in [0.15, 0.2) is 11.4 Å². The SMILES string of the molecule is O=C(CO)c1ccc2ncnn2c1. The lowest BCUT2D eigenvalue weighted by Crippen LogP contribution is -2.05. The molecule has 5 heteroatoms. The van der Waals surface area contributed by atoms with Crippen LogP contribution in [0.2, 0.25) is 0 Å². The van der Waals surface area contributed by atoms with E-state index in [9.17, 15) is 4.79 Å². The first kappa shape index (κ1) is 7.88. The van der Waals surface area contributed by atoms with E-state index in [1.165, 1.54) is 10.8 Å². The van der Waals surface area contributed by atoms with Gasteiger partial charge >= 0.3 is 0 Å². The molecule has 0 bridgehead atoms. The number of ketones is 1. The minimum atomic E-state index is -0.486. The maximum atomic E-state index is 11.1. The maximum absolute atomic E-state index is 11.1. The van der Waals surface area contributed by atoms with Gasteiger partial charge in [0, 0.05) is 11.8 Å². The fourth-order valence-corrected chi connectivity index (χ4v) is 1.07. The summed E-state index contributed by atoms with van der Waals surface area (Å²) in [6, 6.07) is 3.29. The summed E-state index contributed by atoms with van der Waals surface area (Å²) in [6.07, 6.45) is 2.95. The van der Waals surface area contributed by atoms with Gasteiger partial charge in [0.25, 0.3) is 0 Å². The number of hydrogen-bond acceptors (Lipinski definition) is 4. The molecule has 0 atom stereocenters. The number of aliphatic hydroxyl groups is 1. The van der Waals surface area contributed by atoms with Crippen molar-refractivity contribution in [3.63, 3.8) is 0 Å².